The summed E-state index contributed by atoms with van der Waals surface area (Å²) in [5, 5.41) is 3.44. The number of rotatable bonds is 3. The van der Waals surface area contributed by atoms with Crippen molar-refractivity contribution < 1.29 is 4.79 Å². The molecule has 4 nitrogen and oxygen atoms in total. The molecule has 140 valence electrons. The third-order valence-electron chi connectivity index (χ3n) is 6.93. The van der Waals surface area contributed by atoms with Gasteiger partial charge in [-0.05, 0) is 36.5 Å². The lowest BCUT2D eigenvalue weighted by Crippen LogP contribution is -2.62. The first kappa shape index (κ1) is 16.8. The summed E-state index contributed by atoms with van der Waals surface area (Å²) in [5.41, 5.74) is 8.86. The molecule has 0 bridgehead atoms. The lowest BCUT2D eigenvalue weighted by atomic mass is 9.70. The molecule has 27 heavy (non-hydrogen) atoms. The Morgan fingerprint density at radius 1 is 1.00 bits per heavy atom. The largest absolute Gasteiger partial charge is 0.359 e. The number of hydrogen-bond donors (Lipinski definition) is 2. The molecule has 2 heterocycles. The van der Waals surface area contributed by atoms with E-state index in [1.165, 1.54) is 30.4 Å². The van der Waals surface area contributed by atoms with Crippen LogP contribution in [0, 0.1) is 0 Å². The first-order valence-corrected chi connectivity index (χ1v) is 10.2. The molecule has 3 aliphatic rings. The maximum Gasteiger partial charge on any atom is 0.264 e. The van der Waals surface area contributed by atoms with Crippen molar-refractivity contribution in [3.8, 4) is 0 Å². The van der Waals surface area contributed by atoms with Gasteiger partial charge in [-0.25, -0.2) is 0 Å². The van der Waals surface area contributed by atoms with Crippen LogP contribution in [0.4, 0.5) is 5.69 Å². The summed E-state index contributed by atoms with van der Waals surface area (Å²) in [4.78, 5) is 15.7. The zero-order valence-corrected chi connectivity index (χ0v) is 15.7. The van der Waals surface area contributed by atoms with Crippen molar-refractivity contribution in [1.29, 1.82) is 0 Å². The lowest BCUT2D eigenvalue weighted by Gasteiger charge is -2.35. The average Bonchev–Trinajstić information content (AvgIpc) is 3.08. The predicted octanol–water partition coefficient (Wildman–Crippen LogP) is 3.42. The minimum Gasteiger partial charge on any atom is -0.359 e. The van der Waals surface area contributed by atoms with Gasteiger partial charge < -0.3 is 16.0 Å². The molecule has 2 atom stereocenters. The van der Waals surface area contributed by atoms with Crippen molar-refractivity contribution in [3.63, 3.8) is 0 Å². The number of benzene rings is 2. The molecule has 2 aliphatic heterocycles. The van der Waals surface area contributed by atoms with E-state index in [0.717, 1.165) is 24.9 Å². The molecule has 2 fully saturated rings. The summed E-state index contributed by atoms with van der Waals surface area (Å²) in [6.07, 6.45) is 6.67. The highest BCUT2D eigenvalue weighted by molar-refractivity contribution is 5.97. The highest BCUT2D eigenvalue weighted by Crippen LogP contribution is 2.53. The second-order valence-corrected chi connectivity index (χ2v) is 8.45. The zero-order chi connectivity index (χ0) is 18.5. The molecule has 1 aliphatic carbocycles. The Morgan fingerprint density at radius 3 is 2.48 bits per heavy atom. The van der Waals surface area contributed by atoms with E-state index in [9.17, 15) is 4.79 Å². The Morgan fingerprint density at radius 2 is 1.70 bits per heavy atom. The molecule has 1 amide bonds. The number of hydrogen-bond acceptors (Lipinski definition) is 3. The third kappa shape index (κ3) is 2.36. The number of nitrogens with two attached hydrogens (primary N) is 1. The molecule has 2 aromatic carbocycles. The van der Waals surface area contributed by atoms with Crippen LogP contribution in [0.3, 0.4) is 0 Å². The first-order chi connectivity index (χ1) is 13.1. The molecule has 3 N–H and O–H groups in total. The Balaban J connectivity index is 1.61. The molecule has 5 rings (SSSR count). The summed E-state index contributed by atoms with van der Waals surface area (Å²) in [7, 11) is 0. The highest BCUT2D eigenvalue weighted by Gasteiger charge is 2.67. The molecule has 0 spiro atoms. The Kier molecular flexibility index (Phi) is 3.80. The van der Waals surface area contributed by atoms with Gasteiger partial charge in [0.2, 0.25) is 0 Å². The van der Waals surface area contributed by atoms with Crippen LogP contribution in [0.15, 0.2) is 54.6 Å². The van der Waals surface area contributed by atoms with Crippen LogP contribution < -0.4 is 11.1 Å². The molecule has 1 saturated heterocycles. The van der Waals surface area contributed by atoms with E-state index >= 15 is 0 Å². The Bertz CT molecular complexity index is 861. The van der Waals surface area contributed by atoms with Crippen LogP contribution in [0.1, 0.15) is 43.2 Å². The van der Waals surface area contributed by atoms with Crippen LogP contribution in [0.2, 0.25) is 0 Å². The second kappa shape index (κ2) is 6.10. The standard InChI is InChI=1S/C23H27N3O/c24-23-21(27)26(18-11-5-2-6-12-18)16-22(23,15-17-9-3-1-4-10-17)19-13-7-8-14-20(19)25-23/h1,3-4,7-10,13-14,18,25H,2,5-6,11-12,15-16,24H2/t22-,23-/m1/s1. The summed E-state index contributed by atoms with van der Waals surface area (Å²) in [6.45, 7) is 0.700. The van der Waals surface area contributed by atoms with Crippen molar-refractivity contribution in [2.45, 2.75) is 55.6 Å². The van der Waals surface area contributed by atoms with Crippen molar-refractivity contribution >= 4 is 11.6 Å². The first-order valence-electron chi connectivity index (χ1n) is 10.2. The van der Waals surface area contributed by atoms with Crippen LogP contribution in [-0.2, 0) is 16.6 Å². The predicted molar refractivity (Wildman–Crippen MR) is 107 cm³/mol. The smallest absolute Gasteiger partial charge is 0.264 e. The van der Waals surface area contributed by atoms with E-state index < -0.39 is 11.1 Å². The van der Waals surface area contributed by atoms with Crippen molar-refractivity contribution in [2.24, 2.45) is 5.73 Å². The summed E-state index contributed by atoms with van der Waals surface area (Å²) in [5.74, 6) is 0.0709. The second-order valence-electron chi connectivity index (χ2n) is 8.45. The van der Waals surface area contributed by atoms with Crippen molar-refractivity contribution in [2.75, 3.05) is 11.9 Å². The number of likely N-dealkylation sites (tertiary alicyclic amines) is 1. The van der Waals surface area contributed by atoms with Gasteiger partial charge in [-0.1, -0.05) is 67.8 Å². The topological polar surface area (TPSA) is 58.4 Å². The van der Waals surface area contributed by atoms with E-state index in [2.05, 4.69) is 46.6 Å². The Hall–Kier alpha value is -2.33. The molecule has 4 heteroatoms. The van der Waals surface area contributed by atoms with Crippen LogP contribution in [-0.4, -0.2) is 29.1 Å². The average molecular weight is 361 g/mol. The van der Waals surface area contributed by atoms with Gasteiger partial charge >= 0.3 is 0 Å². The van der Waals surface area contributed by atoms with Gasteiger partial charge in [0, 0.05) is 18.3 Å². The molecule has 2 aromatic rings. The fourth-order valence-corrected chi connectivity index (χ4v) is 5.53. The maximum absolute atomic E-state index is 13.6. The molecule has 1 saturated carbocycles. The molecule has 0 aromatic heterocycles. The van der Waals surface area contributed by atoms with Gasteiger partial charge in [0.15, 0.2) is 5.66 Å². The monoisotopic (exact) mass is 361 g/mol. The SMILES string of the molecule is N[C@]12Nc3ccccc3[C@@]1(Cc1ccccc1)CN(C1CCCCC1)C2=O. The number of nitrogens with one attached hydrogen (secondary N) is 1. The number of amides is 1. The van der Waals surface area contributed by atoms with Crippen LogP contribution in [0.5, 0.6) is 0 Å². The van der Waals surface area contributed by atoms with Gasteiger partial charge in [-0.3, -0.25) is 4.79 Å². The van der Waals surface area contributed by atoms with Gasteiger partial charge in [0.25, 0.3) is 5.91 Å². The molecular formula is C23H27N3O. The minimum atomic E-state index is -1.07. The zero-order valence-electron chi connectivity index (χ0n) is 15.7. The molecule has 0 radical (unpaired) electrons. The van der Waals surface area contributed by atoms with Gasteiger partial charge in [0.05, 0.1) is 5.41 Å². The minimum absolute atomic E-state index is 0.0709. The van der Waals surface area contributed by atoms with E-state index in [0.29, 0.717) is 12.6 Å². The normalized spacial score (nSPS) is 30.1. The van der Waals surface area contributed by atoms with E-state index in [-0.39, 0.29) is 5.91 Å². The fraction of sp³-hybridized carbons (Fsp3) is 0.435. The lowest BCUT2D eigenvalue weighted by molar-refractivity contribution is -0.134. The number of para-hydroxylation sites is 1. The molecule has 0 unspecified atom stereocenters. The van der Waals surface area contributed by atoms with Crippen molar-refractivity contribution in [1.82, 2.24) is 4.90 Å². The number of anilines is 1. The van der Waals surface area contributed by atoms with E-state index in [1.54, 1.807) is 0 Å². The Labute approximate surface area is 160 Å². The van der Waals surface area contributed by atoms with Crippen LogP contribution in [0.25, 0.3) is 0 Å². The summed E-state index contributed by atoms with van der Waals surface area (Å²) >= 11 is 0. The number of nitrogens with zero attached hydrogens (tertiary/aromatic N) is 1. The number of carbonyl (C=O) groups is 1. The van der Waals surface area contributed by atoms with Crippen LogP contribution >= 0.6 is 0 Å². The molecular weight excluding hydrogens is 334 g/mol. The summed E-state index contributed by atoms with van der Waals surface area (Å²) < 4.78 is 0. The fourth-order valence-electron chi connectivity index (χ4n) is 5.53. The number of fused-ring (bicyclic) bond motifs is 3. The van der Waals surface area contributed by atoms with Crippen molar-refractivity contribution in [3.05, 3.63) is 65.7 Å². The maximum atomic E-state index is 13.6. The van der Waals surface area contributed by atoms with Gasteiger partial charge in [-0.2, -0.15) is 0 Å². The summed E-state index contributed by atoms with van der Waals surface area (Å²) in [6, 6.07) is 19.0. The number of carbonyl (C=O) groups excluding carboxylic acids is 1. The van der Waals surface area contributed by atoms with Gasteiger partial charge in [0.1, 0.15) is 0 Å². The quantitative estimate of drug-likeness (QED) is 0.881. The highest BCUT2D eigenvalue weighted by atomic mass is 16.2. The van der Waals surface area contributed by atoms with E-state index in [1.807, 2.05) is 18.2 Å². The van der Waals surface area contributed by atoms with E-state index in [4.69, 9.17) is 5.73 Å². The van der Waals surface area contributed by atoms with Gasteiger partial charge in [-0.15, -0.1) is 0 Å². The third-order valence-corrected chi connectivity index (χ3v) is 6.93.